The van der Waals surface area contributed by atoms with E-state index in [0.29, 0.717) is 29.5 Å². The number of hydrogen-bond acceptors (Lipinski definition) is 3. The molecule has 2 bridgehead atoms. The summed E-state index contributed by atoms with van der Waals surface area (Å²) in [6.07, 6.45) is 6.18. The number of aromatic nitrogens is 3. The number of halogens is 1. The molecule has 4 nitrogen and oxygen atoms in total. The summed E-state index contributed by atoms with van der Waals surface area (Å²) < 4.78 is 7.79. The average molecular weight is 228 g/mol. The lowest BCUT2D eigenvalue weighted by atomic mass is 9.84. The van der Waals surface area contributed by atoms with Crippen LogP contribution in [0.25, 0.3) is 0 Å². The summed E-state index contributed by atoms with van der Waals surface area (Å²) in [5.41, 5.74) is 0. The van der Waals surface area contributed by atoms with Gasteiger partial charge in [-0.2, -0.15) is 0 Å². The Morgan fingerprint density at radius 2 is 2.47 bits per heavy atom. The van der Waals surface area contributed by atoms with Crippen molar-refractivity contribution in [2.75, 3.05) is 0 Å². The summed E-state index contributed by atoms with van der Waals surface area (Å²) in [5, 5.41) is 8.10. The molecule has 2 aliphatic heterocycles. The van der Waals surface area contributed by atoms with E-state index in [1.807, 2.05) is 4.57 Å². The molecule has 0 saturated carbocycles. The molecule has 2 fully saturated rings. The molecule has 4 atom stereocenters. The molecule has 82 valence electrons. The molecule has 0 spiro atoms. The van der Waals surface area contributed by atoms with Crippen molar-refractivity contribution in [3.63, 3.8) is 0 Å². The molecule has 2 saturated heterocycles. The predicted octanol–water partition coefficient (Wildman–Crippen LogP) is 2.06. The van der Waals surface area contributed by atoms with E-state index in [2.05, 4.69) is 17.1 Å². The van der Waals surface area contributed by atoms with Crippen molar-refractivity contribution in [3.8, 4) is 0 Å². The molecule has 0 amide bonds. The molecular weight excluding hydrogens is 214 g/mol. The zero-order valence-corrected chi connectivity index (χ0v) is 9.39. The SMILES string of the molecule is CC(C1CC2CCC1O2)n1cnnc1Cl. The summed E-state index contributed by atoms with van der Waals surface area (Å²) in [7, 11) is 0. The number of nitrogens with zero attached hydrogens (tertiary/aromatic N) is 3. The Balaban J connectivity index is 1.81. The Labute approximate surface area is 93.6 Å². The molecule has 0 N–H and O–H groups in total. The van der Waals surface area contributed by atoms with Gasteiger partial charge in [0.25, 0.3) is 0 Å². The van der Waals surface area contributed by atoms with Gasteiger partial charge in [-0.25, -0.2) is 0 Å². The fraction of sp³-hybridized carbons (Fsp3) is 0.800. The summed E-state index contributed by atoms with van der Waals surface area (Å²) >= 11 is 5.96. The highest BCUT2D eigenvalue weighted by atomic mass is 35.5. The van der Waals surface area contributed by atoms with Crippen LogP contribution in [0.3, 0.4) is 0 Å². The van der Waals surface area contributed by atoms with Crippen molar-refractivity contribution < 1.29 is 4.74 Å². The van der Waals surface area contributed by atoms with Crippen LogP contribution < -0.4 is 0 Å². The highest BCUT2D eigenvalue weighted by molar-refractivity contribution is 6.28. The minimum Gasteiger partial charge on any atom is -0.375 e. The first kappa shape index (κ1) is 9.60. The first-order valence-corrected chi connectivity index (χ1v) is 5.84. The minimum absolute atomic E-state index is 0.336. The highest BCUT2D eigenvalue weighted by Gasteiger charge is 2.43. The topological polar surface area (TPSA) is 39.9 Å². The second-order valence-corrected chi connectivity index (χ2v) is 4.86. The number of hydrogen-bond donors (Lipinski definition) is 0. The maximum absolute atomic E-state index is 5.96. The van der Waals surface area contributed by atoms with Gasteiger partial charge in [-0.05, 0) is 37.8 Å². The van der Waals surface area contributed by atoms with Crippen LogP contribution in [0.4, 0.5) is 0 Å². The quantitative estimate of drug-likeness (QED) is 0.777. The van der Waals surface area contributed by atoms with E-state index in [-0.39, 0.29) is 0 Å². The molecular formula is C10H14ClN3O. The Morgan fingerprint density at radius 3 is 3.00 bits per heavy atom. The van der Waals surface area contributed by atoms with Crippen molar-refractivity contribution in [2.45, 2.75) is 44.4 Å². The van der Waals surface area contributed by atoms with E-state index in [1.54, 1.807) is 6.33 Å². The van der Waals surface area contributed by atoms with Crippen LogP contribution in [0.5, 0.6) is 0 Å². The third-order valence-electron chi connectivity index (χ3n) is 3.74. The maximum Gasteiger partial charge on any atom is 0.225 e. The molecule has 5 heteroatoms. The van der Waals surface area contributed by atoms with Crippen molar-refractivity contribution in [2.24, 2.45) is 5.92 Å². The first-order chi connectivity index (χ1) is 7.25. The highest BCUT2D eigenvalue weighted by Crippen LogP contribution is 2.44. The lowest BCUT2D eigenvalue weighted by Gasteiger charge is -2.26. The molecule has 15 heavy (non-hydrogen) atoms. The first-order valence-electron chi connectivity index (χ1n) is 5.46. The molecule has 2 aliphatic rings. The summed E-state index contributed by atoms with van der Waals surface area (Å²) in [4.78, 5) is 0. The van der Waals surface area contributed by atoms with E-state index < -0.39 is 0 Å². The van der Waals surface area contributed by atoms with E-state index in [0.717, 1.165) is 6.42 Å². The van der Waals surface area contributed by atoms with Crippen molar-refractivity contribution >= 4 is 11.6 Å². The molecule has 3 heterocycles. The van der Waals surface area contributed by atoms with Gasteiger partial charge in [-0.1, -0.05) is 0 Å². The van der Waals surface area contributed by atoms with Crippen LogP contribution in [0, 0.1) is 5.92 Å². The second kappa shape index (κ2) is 3.46. The zero-order chi connectivity index (χ0) is 10.4. The number of fused-ring (bicyclic) bond motifs is 2. The van der Waals surface area contributed by atoms with Gasteiger partial charge in [0.2, 0.25) is 5.28 Å². The van der Waals surface area contributed by atoms with Crippen molar-refractivity contribution in [1.29, 1.82) is 0 Å². The van der Waals surface area contributed by atoms with Crippen LogP contribution in [0.1, 0.15) is 32.2 Å². The standard InChI is InChI=1S/C10H14ClN3O/c1-6(14-5-12-13-10(14)11)8-4-7-2-3-9(8)15-7/h5-9H,2-4H2,1H3. The molecule has 1 aromatic rings. The van der Waals surface area contributed by atoms with Crippen LogP contribution in [0.15, 0.2) is 6.33 Å². The Bertz CT molecular complexity index is 367. The van der Waals surface area contributed by atoms with Gasteiger partial charge in [-0.3, -0.25) is 0 Å². The van der Waals surface area contributed by atoms with Crippen LogP contribution in [0.2, 0.25) is 5.28 Å². The van der Waals surface area contributed by atoms with Gasteiger partial charge in [0.05, 0.1) is 12.2 Å². The lowest BCUT2D eigenvalue weighted by molar-refractivity contribution is 0.0844. The van der Waals surface area contributed by atoms with Crippen molar-refractivity contribution in [3.05, 3.63) is 11.6 Å². The molecule has 1 aromatic heterocycles. The summed E-state index contributed by atoms with van der Waals surface area (Å²) in [5.74, 6) is 0.567. The van der Waals surface area contributed by atoms with Gasteiger partial charge in [0, 0.05) is 12.0 Å². The monoisotopic (exact) mass is 227 g/mol. The van der Waals surface area contributed by atoms with Gasteiger partial charge >= 0.3 is 0 Å². The number of rotatable bonds is 2. The second-order valence-electron chi connectivity index (χ2n) is 4.52. The maximum atomic E-state index is 5.96. The zero-order valence-electron chi connectivity index (χ0n) is 8.64. The largest absolute Gasteiger partial charge is 0.375 e. The molecule has 3 rings (SSSR count). The molecule has 0 aliphatic carbocycles. The fourth-order valence-electron chi connectivity index (χ4n) is 2.89. The van der Waals surface area contributed by atoms with Crippen LogP contribution in [-0.2, 0) is 4.74 Å². The fourth-order valence-corrected chi connectivity index (χ4v) is 3.13. The molecule has 0 radical (unpaired) electrons. The summed E-state index contributed by atoms with van der Waals surface area (Å²) in [6, 6.07) is 0.336. The third kappa shape index (κ3) is 1.47. The number of ether oxygens (including phenoxy) is 1. The van der Waals surface area contributed by atoms with Gasteiger partial charge in [0.15, 0.2) is 0 Å². The normalized spacial score (nSPS) is 36.0. The van der Waals surface area contributed by atoms with E-state index in [1.165, 1.54) is 12.8 Å². The lowest BCUT2D eigenvalue weighted by Crippen LogP contribution is -2.25. The Kier molecular flexibility index (Phi) is 2.21. The smallest absolute Gasteiger partial charge is 0.225 e. The van der Waals surface area contributed by atoms with E-state index >= 15 is 0 Å². The average Bonchev–Trinajstić information content (AvgIpc) is 2.91. The van der Waals surface area contributed by atoms with Gasteiger partial charge in [-0.15, -0.1) is 10.2 Å². The molecule has 4 unspecified atom stereocenters. The van der Waals surface area contributed by atoms with E-state index in [4.69, 9.17) is 16.3 Å². The third-order valence-corrected chi connectivity index (χ3v) is 4.01. The minimum atomic E-state index is 0.336. The molecule has 0 aromatic carbocycles. The summed E-state index contributed by atoms with van der Waals surface area (Å²) in [6.45, 7) is 2.17. The van der Waals surface area contributed by atoms with Crippen molar-refractivity contribution in [1.82, 2.24) is 14.8 Å². The predicted molar refractivity (Wildman–Crippen MR) is 55.7 cm³/mol. The Hall–Kier alpha value is -0.610. The van der Waals surface area contributed by atoms with Crippen LogP contribution in [-0.4, -0.2) is 27.0 Å². The Morgan fingerprint density at radius 1 is 1.60 bits per heavy atom. The van der Waals surface area contributed by atoms with E-state index in [9.17, 15) is 0 Å². The van der Waals surface area contributed by atoms with Gasteiger partial charge < -0.3 is 9.30 Å². The van der Waals surface area contributed by atoms with Crippen LogP contribution >= 0.6 is 11.6 Å². The van der Waals surface area contributed by atoms with Gasteiger partial charge in [0.1, 0.15) is 6.33 Å².